The molecule has 0 atom stereocenters. The predicted molar refractivity (Wildman–Crippen MR) is 40.0 cm³/mol. The van der Waals surface area contributed by atoms with E-state index < -0.39 is 17.3 Å². The number of hydrogen-bond acceptors (Lipinski definition) is 4. The summed E-state index contributed by atoms with van der Waals surface area (Å²) in [4.78, 5) is 23.2. The number of nitrogens with one attached hydrogen (secondary N) is 1. The van der Waals surface area contributed by atoms with E-state index in [-0.39, 0.29) is 5.75 Å². The van der Waals surface area contributed by atoms with Crippen molar-refractivity contribution < 1.29 is 14.6 Å². The van der Waals surface area contributed by atoms with E-state index in [0.717, 1.165) is 6.07 Å². The summed E-state index contributed by atoms with van der Waals surface area (Å²) < 4.78 is 4.58. The largest absolute Gasteiger partial charge is 0.503 e. The van der Waals surface area contributed by atoms with E-state index in [4.69, 9.17) is 5.11 Å². The lowest BCUT2D eigenvalue weighted by Gasteiger charge is -1.99. The molecule has 0 aliphatic heterocycles. The Kier molecular flexibility index (Phi) is 2.14. The molecule has 0 spiro atoms. The van der Waals surface area contributed by atoms with Crippen molar-refractivity contribution in [3.8, 4) is 11.5 Å². The van der Waals surface area contributed by atoms with Gasteiger partial charge in [-0.1, -0.05) is 0 Å². The van der Waals surface area contributed by atoms with Crippen LogP contribution < -0.4 is 10.3 Å². The first-order chi connectivity index (χ1) is 5.59. The molecule has 0 unspecified atom stereocenters. The molecule has 0 amide bonds. The summed E-state index contributed by atoms with van der Waals surface area (Å²) in [5.41, 5.74) is -0.620. The summed E-state index contributed by atoms with van der Waals surface area (Å²) >= 11 is 0. The molecule has 5 heteroatoms. The van der Waals surface area contributed by atoms with E-state index in [9.17, 15) is 9.59 Å². The molecule has 0 radical (unpaired) electrons. The van der Waals surface area contributed by atoms with Crippen molar-refractivity contribution in [2.45, 2.75) is 6.92 Å². The van der Waals surface area contributed by atoms with Gasteiger partial charge in [-0.15, -0.1) is 0 Å². The Morgan fingerprint density at radius 3 is 2.83 bits per heavy atom. The summed E-state index contributed by atoms with van der Waals surface area (Å²) in [5.74, 6) is -0.880. The molecule has 0 fully saturated rings. The molecule has 1 aromatic rings. The van der Waals surface area contributed by atoms with E-state index in [1.54, 1.807) is 0 Å². The molecule has 0 aliphatic rings. The first-order valence-electron chi connectivity index (χ1n) is 3.19. The minimum absolute atomic E-state index is 0.111. The number of H-pyrrole nitrogens is 1. The van der Waals surface area contributed by atoms with Crippen molar-refractivity contribution >= 4 is 5.97 Å². The maximum atomic E-state index is 10.6. The number of ether oxygens (including phenoxy) is 1. The van der Waals surface area contributed by atoms with Crippen LogP contribution in [0.15, 0.2) is 17.1 Å². The highest BCUT2D eigenvalue weighted by Crippen LogP contribution is 2.11. The molecule has 0 aromatic carbocycles. The van der Waals surface area contributed by atoms with Crippen LogP contribution in [0.4, 0.5) is 0 Å². The SMILES string of the molecule is CC(=O)Oc1c[nH]c(=O)c(O)c1. The van der Waals surface area contributed by atoms with Crippen molar-refractivity contribution in [2.75, 3.05) is 0 Å². The van der Waals surface area contributed by atoms with Gasteiger partial charge in [0.1, 0.15) is 0 Å². The molecule has 5 nitrogen and oxygen atoms in total. The molecule has 1 aromatic heterocycles. The predicted octanol–water partition coefficient (Wildman–Crippen LogP) is 0.00580. The average molecular weight is 169 g/mol. The van der Waals surface area contributed by atoms with E-state index in [2.05, 4.69) is 9.72 Å². The van der Waals surface area contributed by atoms with Crippen LogP contribution in [0.2, 0.25) is 0 Å². The zero-order chi connectivity index (χ0) is 9.14. The lowest BCUT2D eigenvalue weighted by atomic mass is 10.4. The zero-order valence-electron chi connectivity index (χ0n) is 6.33. The Morgan fingerprint density at radius 2 is 2.33 bits per heavy atom. The molecule has 0 saturated carbocycles. The van der Waals surface area contributed by atoms with Gasteiger partial charge in [0.25, 0.3) is 5.56 Å². The van der Waals surface area contributed by atoms with Crippen molar-refractivity contribution in [2.24, 2.45) is 0 Å². The van der Waals surface area contributed by atoms with E-state index in [0.29, 0.717) is 0 Å². The molecule has 1 rings (SSSR count). The van der Waals surface area contributed by atoms with Gasteiger partial charge in [0.15, 0.2) is 11.5 Å². The lowest BCUT2D eigenvalue weighted by molar-refractivity contribution is -0.131. The summed E-state index contributed by atoms with van der Waals surface area (Å²) in [6.07, 6.45) is 1.20. The second-order valence-corrected chi connectivity index (χ2v) is 2.14. The van der Waals surface area contributed by atoms with Gasteiger partial charge in [0.2, 0.25) is 0 Å². The fourth-order valence-corrected chi connectivity index (χ4v) is 0.677. The van der Waals surface area contributed by atoms with Gasteiger partial charge in [-0.3, -0.25) is 9.59 Å². The van der Waals surface area contributed by atoms with E-state index >= 15 is 0 Å². The monoisotopic (exact) mass is 169 g/mol. The first kappa shape index (κ1) is 8.32. The number of aromatic amines is 1. The minimum Gasteiger partial charge on any atom is -0.503 e. The van der Waals surface area contributed by atoms with Gasteiger partial charge >= 0.3 is 5.97 Å². The third kappa shape index (κ3) is 1.85. The summed E-state index contributed by atoms with van der Waals surface area (Å²) in [6.45, 7) is 1.22. The molecule has 0 aliphatic carbocycles. The van der Waals surface area contributed by atoms with Crippen LogP contribution in [-0.4, -0.2) is 16.1 Å². The van der Waals surface area contributed by atoms with Gasteiger partial charge in [-0.2, -0.15) is 0 Å². The van der Waals surface area contributed by atoms with Crippen LogP contribution >= 0.6 is 0 Å². The number of carbonyl (C=O) groups excluding carboxylic acids is 1. The van der Waals surface area contributed by atoms with E-state index in [1.165, 1.54) is 13.1 Å². The number of pyridine rings is 1. The highest BCUT2D eigenvalue weighted by molar-refractivity contribution is 5.69. The quantitative estimate of drug-likeness (QED) is 0.580. The number of carbonyl (C=O) groups is 1. The van der Waals surface area contributed by atoms with Crippen LogP contribution in [-0.2, 0) is 4.79 Å². The minimum atomic E-state index is -0.620. The molecule has 0 bridgehead atoms. The molecular weight excluding hydrogens is 162 g/mol. The first-order valence-corrected chi connectivity index (χ1v) is 3.19. The second-order valence-electron chi connectivity index (χ2n) is 2.14. The van der Waals surface area contributed by atoms with Crippen molar-refractivity contribution in [1.29, 1.82) is 0 Å². The number of aromatic hydroxyl groups is 1. The zero-order valence-corrected chi connectivity index (χ0v) is 6.33. The van der Waals surface area contributed by atoms with Gasteiger partial charge in [0, 0.05) is 19.2 Å². The van der Waals surface area contributed by atoms with Crippen LogP contribution in [0.5, 0.6) is 11.5 Å². The summed E-state index contributed by atoms with van der Waals surface area (Å²) in [5, 5.41) is 8.88. The average Bonchev–Trinajstić information content (AvgIpc) is 1.96. The molecule has 64 valence electrons. The van der Waals surface area contributed by atoms with Gasteiger partial charge in [-0.25, -0.2) is 0 Å². The Bertz CT molecular complexity index is 355. The lowest BCUT2D eigenvalue weighted by Crippen LogP contribution is -2.07. The van der Waals surface area contributed by atoms with Gasteiger partial charge < -0.3 is 14.8 Å². The molecule has 1 heterocycles. The van der Waals surface area contributed by atoms with Crippen LogP contribution in [0.1, 0.15) is 6.92 Å². The van der Waals surface area contributed by atoms with E-state index in [1.807, 2.05) is 0 Å². The van der Waals surface area contributed by atoms with Crippen LogP contribution in [0, 0.1) is 0 Å². The molecule has 12 heavy (non-hydrogen) atoms. The highest BCUT2D eigenvalue weighted by Gasteiger charge is 2.01. The summed E-state index contributed by atoms with van der Waals surface area (Å²) in [7, 11) is 0. The summed E-state index contributed by atoms with van der Waals surface area (Å²) in [6, 6.07) is 1.07. The molecule has 2 N–H and O–H groups in total. The smallest absolute Gasteiger partial charge is 0.308 e. The number of rotatable bonds is 1. The van der Waals surface area contributed by atoms with Crippen molar-refractivity contribution in [3.05, 3.63) is 22.6 Å². The fraction of sp³-hybridized carbons (Fsp3) is 0.143. The van der Waals surface area contributed by atoms with Crippen molar-refractivity contribution in [3.63, 3.8) is 0 Å². The van der Waals surface area contributed by atoms with Crippen molar-refractivity contribution in [1.82, 2.24) is 4.98 Å². The number of aromatic nitrogens is 1. The maximum Gasteiger partial charge on any atom is 0.308 e. The van der Waals surface area contributed by atoms with Crippen LogP contribution in [0.3, 0.4) is 0 Å². The topological polar surface area (TPSA) is 79.4 Å². The third-order valence-corrected chi connectivity index (χ3v) is 1.12. The number of hydrogen-bond donors (Lipinski definition) is 2. The van der Waals surface area contributed by atoms with Crippen LogP contribution in [0.25, 0.3) is 0 Å². The Labute approximate surface area is 67.6 Å². The molecule has 0 saturated heterocycles. The van der Waals surface area contributed by atoms with Gasteiger partial charge in [0.05, 0.1) is 0 Å². The maximum absolute atomic E-state index is 10.6. The Balaban J connectivity index is 2.97. The fourth-order valence-electron chi connectivity index (χ4n) is 0.677. The molecular formula is C7H7NO4. The number of esters is 1. The normalized spacial score (nSPS) is 9.42. The Morgan fingerprint density at radius 1 is 1.67 bits per heavy atom. The Hall–Kier alpha value is -1.78. The standard InChI is InChI=1S/C7H7NO4/c1-4(9)12-5-2-6(10)7(11)8-3-5/h2-3,10H,1H3,(H,8,11). The third-order valence-electron chi connectivity index (χ3n) is 1.12. The highest BCUT2D eigenvalue weighted by atomic mass is 16.5. The second kappa shape index (κ2) is 3.08. The van der Waals surface area contributed by atoms with Gasteiger partial charge in [-0.05, 0) is 0 Å².